The molecule has 0 heterocycles. The van der Waals surface area contributed by atoms with Crippen LogP contribution >= 0.6 is 23.4 Å². The van der Waals surface area contributed by atoms with Gasteiger partial charge in [-0.05, 0) is 24.6 Å². The minimum Gasteiger partial charge on any atom is -0.324 e. The second kappa shape index (κ2) is 6.09. The van der Waals surface area contributed by atoms with Crippen molar-refractivity contribution in [1.29, 1.82) is 0 Å². The number of nitrogens with two attached hydrogens (primary N) is 1. The molecule has 96 valence electrons. The maximum Gasteiger partial charge on any atom is 0.148 e. The summed E-state index contributed by atoms with van der Waals surface area (Å²) in [7, 11) is -2.91. The Morgan fingerprint density at radius 1 is 1.47 bits per heavy atom. The molecular weight excluding hydrogens is 278 g/mol. The number of hydrogen-bond donors (Lipinski definition) is 1. The Morgan fingerprint density at radius 3 is 2.59 bits per heavy atom. The van der Waals surface area contributed by atoms with Crippen LogP contribution in [0.1, 0.15) is 18.5 Å². The Hall–Kier alpha value is -0.230. The van der Waals surface area contributed by atoms with Crippen molar-refractivity contribution in [2.24, 2.45) is 5.73 Å². The van der Waals surface area contributed by atoms with Gasteiger partial charge < -0.3 is 5.73 Å². The maximum atomic E-state index is 11.0. The van der Waals surface area contributed by atoms with Gasteiger partial charge in [0.05, 0.1) is 10.8 Å². The fourth-order valence-corrected chi connectivity index (χ4v) is 3.70. The van der Waals surface area contributed by atoms with Gasteiger partial charge in [0.15, 0.2) is 0 Å². The number of rotatable bonds is 5. The zero-order valence-corrected chi connectivity index (χ0v) is 12.2. The van der Waals surface area contributed by atoms with E-state index in [1.807, 2.05) is 25.1 Å². The second-order valence-corrected chi connectivity index (χ2v) is 7.76. The maximum absolute atomic E-state index is 11.0. The third kappa shape index (κ3) is 5.29. The van der Waals surface area contributed by atoms with Gasteiger partial charge in [0.25, 0.3) is 0 Å². The smallest absolute Gasteiger partial charge is 0.148 e. The molecule has 1 aromatic rings. The molecule has 6 heteroatoms. The van der Waals surface area contributed by atoms with E-state index in [1.165, 1.54) is 18.0 Å². The first-order chi connectivity index (χ1) is 7.79. The number of benzene rings is 1. The predicted octanol–water partition coefficient (Wildman–Crippen LogP) is 2.50. The summed E-state index contributed by atoms with van der Waals surface area (Å²) in [6.07, 6.45) is 1.23. The van der Waals surface area contributed by atoms with Gasteiger partial charge >= 0.3 is 0 Å². The first kappa shape index (κ1) is 14.8. The monoisotopic (exact) mass is 293 g/mol. The summed E-state index contributed by atoms with van der Waals surface area (Å²) in [5.41, 5.74) is 6.72. The molecule has 3 nitrogen and oxygen atoms in total. The Balaban J connectivity index is 2.67. The highest BCUT2D eigenvalue weighted by Gasteiger charge is 2.07. The van der Waals surface area contributed by atoms with E-state index >= 15 is 0 Å². The fourth-order valence-electron chi connectivity index (χ4n) is 1.22. The molecule has 17 heavy (non-hydrogen) atoms. The third-order valence-corrected chi connectivity index (χ3v) is 4.90. The first-order valence-corrected chi connectivity index (χ1v) is 8.57. The molecule has 0 radical (unpaired) electrons. The molecule has 1 aromatic carbocycles. The molecule has 0 aliphatic rings. The minimum atomic E-state index is -2.91. The van der Waals surface area contributed by atoms with Crippen LogP contribution in [0.5, 0.6) is 0 Å². The molecule has 0 aliphatic carbocycles. The van der Waals surface area contributed by atoms with E-state index in [1.54, 1.807) is 0 Å². The fraction of sp³-hybridized carbons (Fsp3) is 0.455. The molecule has 1 atom stereocenters. The summed E-state index contributed by atoms with van der Waals surface area (Å²) in [6, 6.07) is 5.57. The van der Waals surface area contributed by atoms with Crippen LogP contribution in [-0.4, -0.2) is 26.2 Å². The van der Waals surface area contributed by atoms with Crippen LogP contribution in [0.2, 0.25) is 5.02 Å². The molecule has 0 saturated carbocycles. The summed E-state index contributed by atoms with van der Waals surface area (Å²) in [6.45, 7) is 1.89. The molecule has 1 rings (SSSR count). The third-order valence-electron chi connectivity index (χ3n) is 2.19. The van der Waals surface area contributed by atoms with Crippen LogP contribution in [0.15, 0.2) is 23.1 Å². The van der Waals surface area contributed by atoms with Crippen LogP contribution in [-0.2, 0) is 9.84 Å². The predicted molar refractivity (Wildman–Crippen MR) is 74.5 cm³/mol. The average Bonchev–Trinajstić information content (AvgIpc) is 2.18. The Labute approximate surface area is 112 Å². The molecule has 0 fully saturated rings. The van der Waals surface area contributed by atoms with Gasteiger partial charge in [-0.15, -0.1) is 11.8 Å². The van der Waals surface area contributed by atoms with Gasteiger partial charge in [-0.1, -0.05) is 17.7 Å². The lowest BCUT2D eigenvalue weighted by Crippen LogP contribution is -2.06. The van der Waals surface area contributed by atoms with E-state index in [0.717, 1.165) is 10.5 Å². The van der Waals surface area contributed by atoms with E-state index < -0.39 is 9.84 Å². The first-order valence-electron chi connectivity index (χ1n) is 5.15. The number of sulfone groups is 1. The van der Waals surface area contributed by atoms with Crippen LogP contribution in [0, 0.1) is 0 Å². The topological polar surface area (TPSA) is 60.2 Å². The van der Waals surface area contributed by atoms with Crippen molar-refractivity contribution in [1.82, 2.24) is 0 Å². The lowest BCUT2D eigenvalue weighted by molar-refractivity contribution is 0.603. The zero-order valence-electron chi connectivity index (χ0n) is 9.81. The average molecular weight is 294 g/mol. The van der Waals surface area contributed by atoms with E-state index in [9.17, 15) is 8.42 Å². The Morgan fingerprint density at radius 2 is 2.12 bits per heavy atom. The molecule has 1 unspecified atom stereocenters. The number of thioether (sulfide) groups is 1. The van der Waals surface area contributed by atoms with E-state index in [2.05, 4.69) is 0 Å². The van der Waals surface area contributed by atoms with Crippen molar-refractivity contribution >= 4 is 33.2 Å². The zero-order chi connectivity index (χ0) is 13.1. The Bertz CT molecular complexity index is 486. The summed E-state index contributed by atoms with van der Waals surface area (Å²) in [5.74, 6) is 0.666. The Kier molecular flexibility index (Phi) is 5.31. The van der Waals surface area contributed by atoms with Gasteiger partial charge in [-0.3, -0.25) is 0 Å². The highest BCUT2D eigenvalue weighted by molar-refractivity contribution is 8.00. The van der Waals surface area contributed by atoms with Crippen molar-refractivity contribution in [2.75, 3.05) is 17.8 Å². The van der Waals surface area contributed by atoms with Crippen molar-refractivity contribution in [3.8, 4) is 0 Å². The summed E-state index contributed by atoms with van der Waals surface area (Å²) in [5, 5.41) is 0.623. The van der Waals surface area contributed by atoms with Gasteiger partial charge in [0, 0.05) is 22.9 Å². The number of halogens is 1. The largest absolute Gasteiger partial charge is 0.324 e. The van der Waals surface area contributed by atoms with E-state index in [0.29, 0.717) is 10.8 Å². The van der Waals surface area contributed by atoms with Crippen molar-refractivity contribution in [3.63, 3.8) is 0 Å². The normalized spacial score (nSPS) is 13.6. The molecule has 2 N–H and O–H groups in total. The van der Waals surface area contributed by atoms with Gasteiger partial charge in [-0.2, -0.15) is 0 Å². The quantitative estimate of drug-likeness (QED) is 0.848. The van der Waals surface area contributed by atoms with Crippen molar-refractivity contribution in [3.05, 3.63) is 28.8 Å². The van der Waals surface area contributed by atoms with Crippen LogP contribution in [0.3, 0.4) is 0 Å². The molecule has 0 saturated heterocycles. The lowest BCUT2D eigenvalue weighted by atomic mass is 10.1. The van der Waals surface area contributed by atoms with E-state index in [4.69, 9.17) is 17.3 Å². The number of hydrogen-bond acceptors (Lipinski definition) is 4. The lowest BCUT2D eigenvalue weighted by Gasteiger charge is -2.09. The van der Waals surface area contributed by atoms with Crippen LogP contribution in [0.4, 0.5) is 0 Å². The SMILES string of the molecule is CC(N)c1ccc(SCCS(C)(=O)=O)c(Cl)c1. The van der Waals surface area contributed by atoms with Crippen molar-refractivity contribution < 1.29 is 8.42 Å². The van der Waals surface area contributed by atoms with Gasteiger partial charge in [0.2, 0.25) is 0 Å². The minimum absolute atomic E-state index is 0.0532. The second-order valence-electron chi connectivity index (χ2n) is 3.96. The summed E-state index contributed by atoms with van der Waals surface area (Å²) < 4.78 is 22.0. The highest BCUT2D eigenvalue weighted by atomic mass is 35.5. The molecule has 0 spiro atoms. The van der Waals surface area contributed by atoms with E-state index in [-0.39, 0.29) is 11.8 Å². The van der Waals surface area contributed by atoms with Crippen LogP contribution < -0.4 is 5.73 Å². The molecule has 0 amide bonds. The standard InChI is InChI=1S/C11H16ClNO2S2/c1-8(13)9-3-4-11(10(12)7-9)16-5-6-17(2,14)15/h3-4,7-8H,5-6,13H2,1-2H3. The molecule has 0 aromatic heterocycles. The molecular formula is C11H16ClNO2S2. The highest BCUT2D eigenvalue weighted by Crippen LogP contribution is 2.29. The molecule has 0 bridgehead atoms. The van der Waals surface area contributed by atoms with Gasteiger partial charge in [-0.25, -0.2) is 8.42 Å². The molecule has 0 aliphatic heterocycles. The van der Waals surface area contributed by atoms with Crippen LogP contribution in [0.25, 0.3) is 0 Å². The van der Waals surface area contributed by atoms with Crippen molar-refractivity contribution in [2.45, 2.75) is 17.9 Å². The summed E-state index contributed by atoms with van der Waals surface area (Å²) in [4.78, 5) is 0.889. The summed E-state index contributed by atoms with van der Waals surface area (Å²) >= 11 is 7.54. The van der Waals surface area contributed by atoms with Gasteiger partial charge in [0.1, 0.15) is 9.84 Å².